The van der Waals surface area contributed by atoms with E-state index in [-0.39, 0.29) is 0 Å². The lowest BCUT2D eigenvalue weighted by Gasteiger charge is -1.85. The van der Waals surface area contributed by atoms with Gasteiger partial charge in [0.15, 0.2) is 11.9 Å². The van der Waals surface area contributed by atoms with Crippen molar-refractivity contribution in [2.45, 2.75) is 13.8 Å². The van der Waals surface area contributed by atoms with Gasteiger partial charge in [-0.3, -0.25) is 0 Å². The highest BCUT2D eigenvalue weighted by Gasteiger charge is 1.94. The number of rotatable bonds is 0. The highest BCUT2D eigenvalue weighted by molar-refractivity contribution is 4.98. The van der Waals surface area contributed by atoms with Crippen LogP contribution in [0.1, 0.15) is 11.4 Å². The Kier molecular flexibility index (Phi) is 1.24. The standard InChI is InChI=1S/C6H8N2/c1-5-6(2)8-4-3-7-5/h3-4H,1-2H3/p+1. The Morgan fingerprint density at radius 1 is 1.50 bits per heavy atom. The van der Waals surface area contributed by atoms with Crippen molar-refractivity contribution in [3.8, 4) is 0 Å². The maximum Gasteiger partial charge on any atom is 0.197 e. The molecule has 0 saturated heterocycles. The molecule has 8 heavy (non-hydrogen) atoms. The number of aryl methyl sites for hydroxylation is 2. The summed E-state index contributed by atoms with van der Waals surface area (Å²) in [6.45, 7) is 3.98. The van der Waals surface area contributed by atoms with Gasteiger partial charge in [0.2, 0.25) is 0 Å². The van der Waals surface area contributed by atoms with Gasteiger partial charge in [0.05, 0.1) is 6.20 Å². The molecule has 1 aromatic rings. The quantitative estimate of drug-likeness (QED) is 0.477. The third-order valence-corrected chi connectivity index (χ3v) is 1.19. The summed E-state index contributed by atoms with van der Waals surface area (Å²) in [7, 11) is 0. The SMILES string of the molecule is Cc1ncc[nH+]c1C. The summed E-state index contributed by atoms with van der Waals surface area (Å²) in [5, 5.41) is 0. The summed E-state index contributed by atoms with van der Waals surface area (Å²) in [6.07, 6.45) is 3.57. The Labute approximate surface area is 48.6 Å². The highest BCUT2D eigenvalue weighted by Crippen LogP contribution is 1.89. The summed E-state index contributed by atoms with van der Waals surface area (Å²) in [5.74, 6) is 0. The number of aromatic nitrogens is 2. The van der Waals surface area contributed by atoms with E-state index in [1.807, 2.05) is 20.0 Å². The molecule has 0 aromatic carbocycles. The van der Waals surface area contributed by atoms with Crippen molar-refractivity contribution >= 4 is 0 Å². The van der Waals surface area contributed by atoms with Gasteiger partial charge in [0.25, 0.3) is 0 Å². The van der Waals surface area contributed by atoms with Crippen LogP contribution in [0, 0.1) is 13.8 Å². The summed E-state index contributed by atoms with van der Waals surface area (Å²) in [6, 6.07) is 0. The van der Waals surface area contributed by atoms with Gasteiger partial charge >= 0.3 is 0 Å². The van der Waals surface area contributed by atoms with E-state index in [2.05, 4.69) is 9.97 Å². The van der Waals surface area contributed by atoms with E-state index in [9.17, 15) is 0 Å². The topological polar surface area (TPSA) is 27.0 Å². The van der Waals surface area contributed by atoms with Gasteiger partial charge in [0.1, 0.15) is 5.69 Å². The van der Waals surface area contributed by atoms with E-state index in [4.69, 9.17) is 0 Å². The third kappa shape index (κ3) is 0.832. The van der Waals surface area contributed by atoms with Crippen molar-refractivity contribution in [1.82, 2.24) is 4.98 Å². The molecular formula is C6H9N2+. The van der Waals surface area contributed by atoms with Gasteiger partial charge in [-0.05, 0) is 6.92 Å². The number of hydrogen-bond donors (Lipinski definition) is 0. The first-order valence-electron chi connectivity index (χ1n) is 2.60. The van der Waals surface area contributed by atoms with Crippen LogP contribution in [0.3, 0.4) is 0 Å². The highest BCUT2D eigenvalue weighted by atomic mass is 14.8. The van der Waals surface area contributed by atoms with Crippen LogP contribution in [0.25, 0.3) is 0 Å². The Balaban J connectivity index is 3.13. The second kappa shape index (κ2) is 1.90. The van der Waals surface area contributed by atoms with Gasteiger partial charge in [0, 0.05) is 6.92 Å². The Morgan fingerprint density at radius 2 is 2.25 bits per heavy atom. The minimum atomic E-state index is 1.06. The molecule has 0 unspecified atom stereocenters. The van der Waals surface area contributed by atoms with Gasteiger partial charge < -0.3 is 0 Å². The van der Waals surface area contributed by atoms with Gasteiger partial charge in [-0.25, -0.2) is 9.97 Å². The molecular weight excluding hydrogens is 100 g/mol. The van der Waals surface area contributed by atoms with Crippen LogP contribution in [0.4, 0.5) is 0 Å². The number of nitrogens with one attached hydrogen (secondary N) is 1. The summed E-state index contributed by atoms with van der Waals surface area (Å²) in [5.41, 5.74) is 2.19. The Bertz CT molecular complexity index is 163. The second-order valence-corrected chi connectivity index (χ2v) is 1.80. The largest absolute Gasteiger partial charge is 0.249 e. The zero-order valence-electron chi connectivity index (χ0n) is 5.10. The van der Waals surface area contributed by atoms with E-state index in [0.717, 1.165) is 11.4 Å². The smallest absolute Gasteiger partial charge is 0.197 e. The molecule has 0 aliphatic carbocycles. The van der Waals surface area contributed by atoms with E-state index >= 15 is 0 Å². The van der Waals surface area contributed by atoms with Crippen molar-refractivity contribution in [2.75, 3.05) is 0 Å². The van der Waals surface area contributed by atoms with Crippen molar-refractivity contribution in [1.29, 1.82) is 0 Å². The minimum absolute atomic E-state index is 1.06. The lowest BCUT2D eigenvalue weighted by Crippen LogP contribution is -2.08. The zero-order chi connectivity index (χ0) is 5.98. The van der Waals surface area contributed by atoms with Crippen LogP contribution in [-0.2, 0) is 0 Å². The molecule has 1 rings (SSSR count). The zero-order valence-corrected chi connectivity index (χ0v) is 5.10. The molecule has 0 aliphatic rings. The van der Waals surface area contributed by atoms with E-state index in [0.29, 0.717) is 0 Å². The molecule has 1 N–H and O–H groups in total. The van der Waals surface area contributed by atoms with Crippen molar-refractivity contribution in [2.24, 2.45) is 0 Å². The minimum Gasteiger partial charge on any atom is -0.249 e. The molecule has 1 aromatic heterocycles. The fourth-order valence-corrected chi connectivity index (χ4v) is 0.513. The van der Waals surface area contributed by atoms with Crippen LogP contribution >= 0.6 is 0 Å². The predicted molar refractivity (Wildman–Crippen MR) is 30.3 cm³/mol. The third-order valence-electron chi connectivity index (χ3n) is 1.19. The Morgan fingerprint density at radius 3 is 2.62 bits per heavy atom. The van der Waals surface area contributed by atoms with Gasteiger partial charge in [-0.15, -0.1) is 0 Å². The average molecular weight is 109 g/mol. The molecule has 42 valence electrons. The monoisotopic (exact) mass is 109 g/mol. The van der Waals surface area contributed by atoms with Crippen LogP contribution in [0.15, 0.2) is 12.4 Å². The molecule has 0 bridgehead atoms. The molecule has 2 heteroatoms. The molecule has 0 saturated carbocycles. The van der Waals surface area contributed by atoms with Crippen LogP contribution < -0.4 is 4.98 Å². The lowest BCUT2D eigenvalue weighted by molar-refractivity contribution is -0.389. The molecule has 1 heterocycles. The van der Waals surface area contributed by atoms with E-state index in [1.54, 1.807) is 6.20 Å². The summed E-state index contributed by atoms with van der Waals surface area (Å²) >= 11 is 0. The maximum atomic E-state index is 4.05. The number of H-pyrrole nitrogens is 1. The fraction of sp³-hybridized carbons (Fsp3) is 0.333. The van der Waals surface area contributed by atoms with E-state index in [1.165, 1.54) is 0 Å². The number of aromatic amines is 1. The molecule has 0 radical (unpaired) electrons. The van der Waals surface area contributed by atoms with Crippen molar-refractivity contribution in [3.63, 3.8) is 0 Å². The first kappa shape index (κ1) is 5.22. The molecule has 0 amide bonds. The number of hydrogen-bond acceptors (Lipinski definition) is 1. The molecule has 0 spiro atoms. The fourth-order valence-electron chi connectivity index (χ4n) is 0.513. The van der Waals surface area contributed by atoms with Crippen LogP contribution in [0.5, 0.6) is 0 Å². The number of nitrogens with zero attached hydrogens (tertiary/aromatic N) is 1. The second-order valence-electron chi connectivity index (χ2n) is 1.80. The van der Waals surface area contributed by atoms with Gasteiger partial charge in [-0.1, -0.05) is 0 Å². The Hall–Kier alpha value is -0.920. The van der Waals surface area contributed by atoms with Crippen molar-refractivity contribution < 1.29 is 4.98 Å². The molecule has 2 nitrogen and oxygen atoms in total. The van der Waals surface area contributed by atoms with E-state index < -0.39 is 0 Å². The average Bonchev–Trinajstić information content (AvgIpc) is 1.77. The first-order chi connectivity index (χ1) is 3.80. The normalized spacial score (nSPS) is 9.25. The summed E-state index contributed by atoms with van der Waals surface area (Å²) in [4.78, 5) is 7.08. The molecule has 0 aliphatic heterocycles. The van der Waals surface area contributed by atoms with Crippen LogP contribution in [0.2, 0.25) is 0 Å². The van der Waals surface area contributed by atoms with Crippen LogP contribution in [-0.4, -0.2) is 4.98 Å². The lowest BCUT2D eigenvalue weighted by atomic mass is 10.4. The van der Waals surface area contributed by atoms with Crippen molar-refractivity contribution in [3.05, 3.63) is 23.8 Å². The molecule has 0 atom stereocenters. The molecule has 0 fully saturated rings. The first-order valence-corrected chi connectivity index (χ1v) is 2.60. The predicted octanol–water partition coefficient (Wildman–Crippen LogP) is 0.513. The maximum absolute atomic E-state index is 4.05. The van der Waals surface area contributed by atoms with Gasteiger partial charge in [-0.2, -0.15) is 0 Å². The summed E-state index contributed by atoms with van der Waals surface area (Å²) < 4.78 is 0.